The van der Waals surface area contributed by atoms with Crippen molar-refractivity contribution in [2.45, 2.75) is 6.54 Å². The molecular formula is C24H21Cl2F2N3O. The number of piperazine rings is 1. The normalized spacial score (nSPS) is 14.4. The first-order valence-corrected chi connectivity index (χ1v) is 10.9. The Labute approximate surface area is 195 Å². The average molecular weight is 476 g/mol. The molecule has 0 aromatic heterocycles. The monoisotopic (exact) mass is 475 g/mol. The van der Waals surface area contributed by atoms with Crippen molar-refractivity contribution in [3.63, 3.8) is 0 Å². The molecule has 1 amide bonds. The van der Waals surface area contributed by atoms with E-state index in [4.69, 9.17) is 23.2 Å². The largest absolute Gasteiger partial charge is 0.367 e. The highest BCUT2D eigenvalue weighted by atomic mass is 35.5. The summed E-state index contributed by atoms with van der Waals surface area (Å²) in [5.74, 6) is -2.53. The second-order valence-electron chi connectivity index (χ2n) is 7.61. The fourth-order valence-electron chi connectivity index (χ4n) is 3.73. The van der Waals surface area contributed by atoms with Gasteiger partial charge in [0.15, 0.2) is 11.6 Å². The van der Waals surface area contributed by atoms with Crippen LogP contribution in [0.3, 0.4) is 0 Å². The van der Waals surface area contributed by atoms with E-state index in [1.165, 1.54) is 6.07 Å². The SMILES string of the molecule is O=C(Nc1ccccc1N1CCN(Cc2ccc(Cl)c(Cl)c2)CC1)c1ccc(F)c(F)c1. The molecule has 0 radical (unpaired) electrons. The standard InChI is InChI=1S/C24H21Cl2F2N3O/c25-18-7-5-16(13-19(18)26)15-30-9-11-31(12-10-30)23-4-2-1-3-22(23)29-24(32)17-6-8-20(27)21(28)14-17/h1-8,13-14H,9-12,15H2,(H,29,32). The molecular weight excluding hydrogens is 455 g/mol. The lowest BCUT2D eigenvalue weighted by Crippen LogP contribution is -2.46. The fraction of sp³-hybridized carbons (Fsp3) is 0.208. The maximum atomic E-state index is 13.5. The first-order chi connectivity index (χ1) is 15.4. The molecule has 0 aliphatic carbocycles. The van der Waals surface area contributed by atoms with Crippen molar-refractivity contribution < 1.29 is 13.6 Å². The van der Waals surface area contributed by atoms with Gasteiger partial charge < -0.3 is 10.2 Å². The fourth-order valence-corrected chi connectivity index (χ4v) is 4.05. The smallest absolute Gasteiger partial charge is 0.255 e. The number of anilines is 2. The van der Waals surface area contributed by atoms with Crippen molar-refractivity contribution >= 4 is 40.5 Å². The Morgan fingerprint density at radius 1 is 0.875 bits per heavy atom. The minimum Gasteiger partial charge on any atom is -0.367 e. The highest BCUT2D eigenvalue weighted by Crippen LogP contribution is 2.28. The van der Waals surface area contributed by atoms with Crippen LogP contribution < -0.4 is 10.2 Å². The van der Waals surface area contributed by atoms with Gasteiger partial charge in [-0.15, -0.1) is 0 Å². The van der Waals surface area contributed by atoms with E-state index >= 15 is 0 Å². The Hall–Kier alpha value is -2.67. The van der Waals surface area contributed by atoms with Crippen LogP contribution in [0.2, 0.25) is 10.0 Å². The number of hydrogen-bond acceptors (Lipinski definition) is 3. The van der Waals surface area contributed by atoms with Gasteiger partial charge in [0.05, 0.1) is 21.4 Å². The highest BCUT2D eigenvalue weighted by Gasteiger charge is 2.20. The molecule has 0 unspecified atom stereocenters. The third-order valence-electron chi connectivity index (χ3n) is 5.44. The molecule has 1 N–H and O–H groups in total. The lowest BCUT2D eigenvalue weighted by Gasteiger charge is -2.37. The maximum absolute atomic E-state index is 13.5. The summed E-state index contributed by atoms with van der Waals surface area (Å²) in [6, 6.07) is 16.3. The molecule has 0 atom stereocenters. The van der Waals surface area contributed by atoms with E-state index in [-0.39, 0.29) is 5.56 Å². The van der Waals surface area contributed by atoms with Crippen LogP contribution in [0.1, 0.15) is 15.9 Å². The molecule has 4 rings (SSSR count). The number of carbonyl (C=O) groups is 1. The summed E-state index contributed by atoms with van der Waals surface area (Å²) in [6.07, 6.45) is 0. The Morgan fingerprint density at radius 2 is 1.62 bits per heavy atom. The van der Waals surface area contributed by atoms with Crippen LogP contribution in [-0.2, 0) is 6.54 Å². The number of para-hydroxylation sites is 2. The van der Waals surface area contributed by atoms with Crippen LogP contribution in [0, 0.1) is 11.6 Å². The van der Waals surface area contributed by atoms with E-state index < -0.39 is 17.5 Å². The second kappa shape index (κ2) is 9.86. The molecule has 0 bridgehead atoms. The van der Waals surface area contributed by atoms with Gasteiger partial charge in [0.25, 0.3) is 5.91 Å². The number of rotatable bonds is 5. The van der Waals surface area contributed by atoms with Crippen LogP contribution >= 0.6 is 23.2 Å². The predicted octanol–water partition coefficient (Wildman–Crippen LogP) is 5.85. The van der Waals surface area contributed by atoms with E-state index in [1.54, 1.807) is 12.1 Å². The van der Waals surface area contributed by atoms with E-state index in [0.29, 0.717) is 15.7 Å². The Bertz CT molecular complexity index is 1130. The summed E-state index contributed by atoms with van der Waals surface area (Å²) in [5.41, 5.74) is 2.68. The molecule has 166 valence electrons. The molecule has 1 fully saturated rings. The number of carbonyl (C=O) groups excluding carboxylic acids is 1. The van der Waals surface area contributed by atoms with Gasteiger partial charge in [-0.25, -0.2) is 8.78 Å². The summed E-state index contributed by atoms with van der Waals surface area (Å²) < 4.78 is 26.7. The van der Waals surface area contributed by atoms with Gasteiger partial charge >= 0.3 is 0 Å². The lowest BCUT2D eigenvalue weighted by molar-refractivity contribution is 0.102. The number of nitrogens with zero attached hydrogens (tertiary/aromatic N) is 2. The van der Waals surface area contributed by atoms with Crippen LogP contribution in [0.5, 0.6) is 0 Å². The number of benzene rings is 3. The van der Waals surface area contributed by atoms with Crippen LogP contribution in [0.15, 0.2) is 60.7 Å². The Morgan fingerprint density at radius 3 is 2.34 bits per heavy atom. The summed E-state index contributed by atoms with van der Waals surface area (Å²) in [5, 5.41) is 3.92. The van der Waals surface area contributed by atoms with E-state index in [9.17, 15) is 13.6 Å². The maximum Gasteiger partial charge on any atom is 0.255 e. The quantitative estimate of drug-likeness (QED) is 0.502. The third-order valence-corrected chi connectivity index (χ3v) is 6.18. The van der Waals surface area contributed by atoms with Crippen molar-refractivity contribution in [2.75, 3.05) is 36.4 Å². The van der Waals surface area contributed by atoms with Gasteiger partial charge in [0, 0.05) is 38.3 Å². The molecule has 32 heavy (non-hydrogen) atoms. The first kappa shape index (κ1) is 22.5. The number of halogens is 4. The van der Waals surface area contributed by atoms with Gasteiger partial charge in [0.2, 0.25) is 0 Å². The lowest BCUT2D eigenvalue weighted by atomic mass is 10.1. The van der Waals surface area contributed by atoms with E-state index in [1.807, 2.05) is 30.3 Å². The van der Waals surface area contributed by atoms with Gasteiger partial charge in [-0.3, -0.25) is 9.69 Å². The second-order valence-corrected chi connectivity index (χ2v) is 8.43. The zero-order valence-corrected chi connectivity index (χ0v) is 18.6. The molecule has 1 aliphatic heterocycles. The zero-order chi connectivity index (χ0) is 22.7. The Kier molecular flexibility index (Phi) is 6.94. The average Bonchev–Trinajstić information content (AvgIpc) is 2.79. The number of amides is 1. The highest BCUT2D eigenvalue weighted by molar-refractivity contribution is 6.42. The topological polar surface area (TPSA) is 35.6 Å². The van der Waals surface area contributed by atoms with Crippen molar-refractivity contribution in [3.8, 4) is 0 Å². The molecule has 3 aromatic carbocycles. The summed E-state index contributed by atoms with van der Waals surface area (Å²) >= 11 is 12.1. The van der Waals surface area contributed by atoms with Crippen molar-refractivity contribution in [1.82, 2.24) is 4.90 Å². The molecule has 3 aromatic rings. The van der Waals surface area contributed by atoms with Gasteiger partial charge in [0.1, 0.15) is 0 Å². The zero-order valence-electron chi connectivity index (χ0n) is 17.1. The van der Waals surface area contributed by atoms with Crippen molar-refractivity contribution in [1.29, 1.82) is 0 Å². The predicted molar refractivity (Wildman–Crippen MR) is 125 cm³/mol. The van der Waals surface area contributed by atoms with Gasteiger partial charge in [-0.05, 0) is 48.0 Å². The van der Waals surface area contributed by atoms with E-state index in [2.05, 4.69) is 15.1 Å². The molecule has 1 heterocycles. The van der Waals surface area contributed by atoms with E-state index in [0.717, 1.165) is 56.1 Å². The van der Waals surface area contributed by atoms with Crippen molar-refractivity contribution in [2.24, 2.45) is 0 Å². The summed E-state index contributed by atoms with van der Waals surface area (Å²) in [6.45, 7) is 4.01. The number of nitrogens with one attached hydrogen (secondary N) is 1. The molecule has 0 spiro atoms. The molecule has 4 nitrogen and oxygen atoms in total. The molecule has 8 heteroatoms. The van der Waals surface area contributed by atoms with Gasteiger partial charge in [-0.1, -0.05) is 41.4 Å². The summed E-state index contributed by atoms with van der Waals surface area (Å²) in [7, 11) is 0. The molecule has 1 aliphatic rings. The third kappa shape index (κ3) is 5.21. The molecule has 1 saturated heterocycles. The molecule has 0 saturated carbocycles. The first-order valence-electron chi connectivity index (χ1n) is 10.2. The minimum absolute atomic E-state index is 0.0603. The van der Waals surface area contributed by atoms with Crippen LogP contribution in [0.25, 0.3) is 0 Å². The van der Waals surface area contributed by atoms with Gasteiger partial charge in [-0.2, -0.15) is 0 Å². The van der Waals surface area contributed by atoms with Crippen molar-refractivity contribution in [3.05, 3.63) is 93.5 Å². The number of hydrogen-bond donors (Lipinski definition) is 1. The van der Waals surface area contributed by atoms with Crippen LogP contribution in [-0.4, -0.2) is 37.0 Å². The van der Waals surface area contributed by atoms with Crippen LogP contribution in [0.4, 0.5) is 20.2 Å². The Balaban J connectivity index is 1.41. The minimum atomic E-state index is -1.05. The summed E-state index contributed by atoms with van der Waals surface area (Å²) in [4.78, 5) is 17.1.